The maximum Gasteiger partial charge on any atom is 0.329 e. The van der Waals surface area contributed by atoms with Gasteiger partial charge in [-0.3, -0.25) is 4.79 Å². The summed E-state index contributed by atoms with van der Waals surface area (Å²) in [6, 6.07) is 9.00. The van der Waals surface area contributed by atoms with E-state index < -0.39 is 17.9 Å². The standard InChI is InChI=1S/C22H29N7O3/c1-2-3-12-32-21(31)18(14-16-13-15-6-4-5-7-17(15)24-16)25-20(30)19-26-22(28-27-19)29-10-8-23-9-11-29/h4-7,13,18,23-24H,2-3,8-12,14H2,1H3,(H,25,30)(H,26,27,28). The van der Waals surface area contributed by atoms with E-state index in [-0.39, 0.29) is 12.2 Å². The maximum atomic E-state index is 12.9. The van der Waals surface area contributed by atoms with Crippen molar-refractivity contribution >= 4 is 28.7 Å². The molecule has 1 atom stereocenters. The van der Waals surface area contributed by atoms with E-state index in [1.165, 1.54) is 0 Å². The summed E-state index contributed by atoms with van der Waals surface area (Å²) in [7, 11) is 0. The Hall–Kier alpha value is -3.40. The lowest BCUT2D eigenvalue weighted by atomic mass is 10.1. The third kappa shape index (κ3) is 5.25. The zero-order valence-corrected chi connectivity index (χ0v) is 18.2. The van der Waals surface area contributed by atoms with E-state index in [1.807, 2.05) is 42.2 Å². The molecule has 3 aromatic rings. The number of aromatic amines is 2. The predicted molar refractivity (Wildman–Crippen MR) is 121 cm³/mol. The van der Waals surface area contributed by atoms with Gasteiger partial charge in [0.25, 0.3) is 5.91 Å². The second kappa shape index (κ2) is 10.3. The number of ether oxygens (including phenoxy) is 1. The number of carbonyl (C=O) groups is 2. The smallest absolute Gasteiger partial charge is 0.329 e. The van der Waals surface area contributed by atoms with Gasteiger partial charge in [-0.1, -0.05) is 31.5 Å². The molecular formula is C22H29N7O3. The number of anilines is 1. The first-order valence-electron chi connectivity index (χ1n) is 11.1. The van der Waals surface area contributed by atoms with E-state index in [1.54, 1.807) is 0 Å². The van der Waals surface area contributed by atoms with Crippen LogP contribution in [0.3, 0.4) is 0 Å². The number of carbonyl (C=O) groups excluding carboxylic acids is 2. The van der Waals surface area contributed by atoms with Gasteiger partial charge in [0.05, 0.1) is 6.61 Å². The molecule has 10 nitrogen and oxygen atoms in total. The monoisotopic (exact) mass is 439 g/mol. The van der Waals surface area contributed by atoms with Gasteiger partial charge < -0.3 is 30.2 Å². The molecule has 4 rings (SSSR count). The Morgan fingerprint density at radius 2 is 2.00 bits per heavy atom. The number of fused-ring (bicyclic) bond motifs is 1. The quantitative estimate of drug-likeness (QED) is 0.293. The average molecular weight is 440 g/mol. The van der Waals surface area contributed by atoms with Crippen LogP contribution in [0.25, 0.3) is 10.9 Å². The van der Waals surface area contributed by atoms with Crippen LogP contribution in [0.1, 0.15) is 36.1 Å². The van der Waals surface area contributed by atoms with Crippen molar-refractivity contribution in [2.75, 3.05) is 37.7 Å². The molecule has 3 heterocycles. The van der Waals surface area contributed by atoms with Crippen LogP contribution in [-0.4, -0.2) is 70.9 Å². The molecule has 32 heavy (non-hydrogen) atoms. The first-order chi connectivity index (χ1) is 15.6. The number of aromatic nitrogens is 4. The molecule has 1 aromatic carbocycles. The topological polar surface area (TPSA) is 128 Å². The number of para-hydroxylation sites is 1. The summed E-state index contributed by atoms with van der Waals surface area (Å²) in [5.41, 5.74) is 1.81. The molecule has 1 amide bonds. The van der Waals surface area contributed by atoms with Gasteiger partial charge in [0.2, 0.25) is 11.8 Å². The number of piperazine rings is 1. The predicted octanol–water partition coefficient (Wildman–Crippen LogP) is 1.38. The number of benzene rings is 1. The minimum Gasteiger partial charge on any atom is -0.464 e. The highest BCUT2D eigenvalue weighted by molar-refractivity contribution is 5.94. The van der Waals surface area contributed by atoms with Crippen molar-refractivity contribution in [2.24, 2.45) is 0 Å². The highest BCUT2D eigenvalue weighted by Gasteiger charge is 2.26. The minimum absolute atomic E-state index is 0.0709. The van der Waals surface area contributed by atoms with Crippen molar-refractivity contribution in [1.82, 2.24) is 30.8 Å². The molecular weight excluding hydrogens is 410 g/mol. The Kier molecular flexibility index (Phi) is 7.00. The molecule has 1 aliphatic heterocycles. The Balaban J connectivity index is 1.47. The number of hydrogen-bond donors (Lipinski definition) is 4. The molecule has 1 aliphatic rings. The molecule has 1 fully saturated rings. The molecule has 1 saturated heterocycles. The van der Waals surface area contributed by atoms with Gasteiger partial charge in [-0.05, 0) is 23.9 Å². The van der Waals surface area contributed by atoms with Gasteiger partial charge in [0.15, 0.2) is 0 Å². The zero-order valence-electron chi connectivity index (χ0n) is 18.2. The van der Waals surface area contributed by atoms with Crippen molar-refractivity contribution in [2.45, 2.75) is 32.2 Å². The highest BCUT2D eigenvalue weighted by atomic mass is 16.5. The molecule has 1 unspecified atom stereocenters. The van der Waals surface area contributed by atoms with Gasteiger partial charge in [0, 0.05) is 43.8 Å². The summed E-state index contributed by atoms with van der Waals surface area (Å²) in [5, 5.41) is 15.2. The summed E-state index contributed by atoms with van der Waals surface area (Å²) in [5.74, 6) is -0.337. The van der Waals surface area contributed by atoms with E-state index >= 15 is 0 Å². The van der Waals surface area contributed by atoms with E-state index in [9.17, 15) is 9.59 Å². The lowest BCUT2D eigenvalue weighted by Crippen LogP contribution is -2.44. The average Bonchev–Trinajstić information content (AvgIpc) is 3.46. The van der Waals surface area contributed by atoms with Crippen LogP contribution in [-0.2, 0) is 16.0 Å². The van der Waals surface area contributed by atoms with Gasteiger partial charge in [0.1, 0.15) is 6.04 Å². The SMILES string of the molecule is CCCCOC(=O)C(Cc1cc2ccccc2[nH]1)NC(=O)c1nnc(N2CCNCC2)[nH]1. The van der Waals surface area contributed by atoms with Crippen molar-refractivity contribution in [3.05, 3.63) is 41.9 Å². The number of amides is 1. The van der Waals surface area contributed by atoms with Crippen molar-refractivity contribution in [3.63, 3.8) is 0 Å². The lowest BCUT2D eigenvalue weighted by Gasteiger charge is -2.26. The molecule has 0 aliphatic carbocycles. The zero-order chi connectivity index (χ0) is 22.3. The number of unbranched alkanes of at least 4 members (excludes halogenated alkanes) is 1. The molecule has 10 heteroatoms. The first kappa shape index (κ1) is 21.8. The molecule has 2 aromatic heterocycles. The molecule has 0 saturated carbocycles. The van der Waals surface area contributed by atoms with Gasteiger partial charge >= 0.3 is 5.97 Å². The molecule has 170 valence electrons. The fraction of sp³-hybridized carbons (Fsp3) is 0.455. The number of rotatable bonds is 9. The largest absolute Gasteiger partial charge is 0.464 e. The van der Waals surface area contributed by atoms with Gasteiger partial charge in [-0.25, -0.2) is 4.79 Å². The third-order valence-electron chi connectivity index (χ3n) is 5.45. The summed E-state index contributed by atoms with van der Waals surface area (Å²) in [6.07, 6.45) is 1.97. The molecule has 0 radical (unpaired) electrons. The summed E-state index contributed by atoms with van der Waals surface area (Å²) >= 11 is 0. The van der Waals surface area contributed by atoms with E-state index in [4.69, 9.17) is 4.74 Å². The van der Waals surface area contributed by atoms with Gasteiger partial charge in [-0.2, -0.15) is 0 Å². The van der Waals surface area contributed by atoms with E-state index in [2.05, 4.69) is 30.8 Å². The fourth-order valence-electron chi connectivity index (χ4n) is 3.68. The van der Waals surface area contributed by atoms with Gasteiger partial charge in [-0.15, -0.1) is 10.2 Å². The molecule has 0 spiro atoms. The lowest BCUT2D eigenvalue weighted by molar-refractivity contribution is -0.146. The van der Waals surface area contributed by atoms with Crippen molar-refractivity contribution < 1.29 is 14.3 Å². The summed E-state index contributed by atoms with van der Waals surface area (Å²) in [4.78, 5) is 33.9. The number of hydrogen-bond acceptors (Lipinski definition) is 7. The maximum absolute atomic E-state index is 12.9. The molecule has 0 bridgehead atoms. The summed E-state index contributed by atoms with van der Waals surface area (Å²) in [6.45, 7) is 5.60. The number of nitrogens with one attached hydrogen (secondary N) is 4. The van der Waals surface area contributed by atoms with Crippen LogP contribution in [0.4, 0.5) is 5.95 Å². The Morgan fingerprint density at radius 1 is 1.19 bits per heavy atom. The summed E-state index contributed by atoms with van der Waals surface area (Å²) < 4.78 is 5.40. The Labute approximate surface area is 186 Å². The van der Waals surface area contributed by atoms with Crippen LogP contribution in [0, 0.1) is 0 Å². The fourth-order valence-corrected chi connectivity index (χ4v) is 3.68. The third-order valence-corrected chi connectivity index (χ3v) is 5.45. The number of H-pyrrole nitrogens is 2. The minimum atomic E-state index is -0.847. The van der Waals surface area contributed by atoms with Crippen LogP contribution in [0.5, 0.6) is 0 Å². The van der Waals surface area contributed by atoms with Crippen LogP contribution in [0.15, 0.2) is 30.3 Å². The van der Waals surface area contributed by atoms with Crippen LogP contribution >= 0.6 is 0 Å². The Bertz CT molecular complexity index is 1020. The van der Waals surface area contributed by atoms with Crippen molar-refractivity contribution in [3.8, 4) is 0 Å². The van der Waals surface area contributed by atoms with Crippen molar-refractivity contribution in [1.29, 1.82) is 0 Å². The highest BCUT2D eigenvalue weighted by Crippen LogP contribution is 2.16. The normalized spacial score (nSPS) is 15.0. The second-order valence-corrected chi connectivity index (χ2v) is 7.87. The first-order valence-corrected chi connectivity index (χ1v) is 11.1. The van der Waals surface area contributed by atoms with E-state index in [0.29, 0.717) is 12.6 Å². The Morgan fingerprint density at radius 3 is 2.78 bits per heavy atom. The molecule has 4 N–H and O–H groups in total. The van der Waals surface area contributed by atoms with E-state index in [0.717, 1.165) is 55.6 Å². The van der Waals surface area contributed by atoms with Crippen LogP contribution in [0.2, 0.25) is 0 Å². The van der Waals surface area contributed by atoms with Crippen LogP contribution < -0.4 is 15.5 Å². The number of nitrogens with zero attached hydrogens (tertiary/aromatic N) is 3. The second-order valence-electron chi connectivity index (χ2n) is 7.87. The number of esters is 1.